The first-order chi connectivity index (χ1) is 5.33. The van der Waals surface area contributed by atoms with E-state index in [0.717, 1.165) is 6.42 Å². The molecule has 1 N–H and O–H groups in total. The van der Waals surface area contributed by atoms with Gasteiger partial charge in [-0.15, -0.1) is 11.8 Å². The van der Waals surface area contributed by atoms with Crippen molar-refractivity contribution in [1.29, 1.82) is 0 Å². The Morgan fingerprint density at radius 1 is 1.18 bits per heavy atom. The zero-order valence-electron chi connectivity index (χ0n) is 7.98. The van der Waals surface area contributed by atoms with Crippen LogP contribution in [0.25, 0.3) is 0 Å². The lowest BCUT2D eigenvalue weighted by Crippen LogP contribution is -1.69. The monoisotopic (exact) mass is 156 g/mol. The summed E-state index contributed by atoms with van der Waals surface area (Å²) in [4.78, 5) is 0. The van der Waals surface area contributed by atoms with Gasteiger partial charge in [0.1, 0.15) is 0 Å². The fourth-order valence-corrected chi connectivity index (χ4v) is 0.588. The molecule has 0 amide bonds. The second-order valence-electron chi connectivity index (χ2n) is 2.20. The quantitative estimate of drug-likeness (QED) is 0.492. The van der Waals surface area contributed by atoms with Crippen LogP contribution in [-0.2, 0) is 0 Å². The van der Waals surface area contributed by atoms with Gasteiger partial charge in [0, 0.05) is 13.0 Å². The highest BCUT2D eigenvalue weighted by atomic mass is 16.2. The minimum absolute atomic E-state index is 0.250. The lowest BCUT2D eigenvalue weighted by Gasteiger charge is -1.86. The maximum absolute atomic E-state index is 7.57. The average Bonchev–Trinajstić information content (AvgIpc) is 2.00. The summed E-state index contributed by atoms with van der Waals surface area (Å²) in [6.45, 7) is 6.03. The summed E-state index contributed by atoms with van der Waals surface area (Å²) < 4.78 is 0. The van der Waals surface area contributed by atoms with Gasteiger partial charge in [-0.05, 0) is 20.3 Å². The van der Waals surface area contributed by atoms with Crippen LogP contribution >= 0.6 is 0 Å². The SMILES string of the molecule is CC#CCCCCC.CCO. The highest BCUT2D eigenvalue weighted by Gasteiger charge is 1.78. The second kappa shape index (κ2) is 16.3. The zero-order chi connectivity index (χ0) is 8.95. The third kappa shape index (κ3) is 26.4. The molecule has 66 valence electrons. The molecule has 0 fully saturated rings. The molecule has 0 aromatic heterocycles. The number of rotatable bonds is 3. The zero-order valence-corrected chi connectivity index (χ0v) is 7.98. The second-order valence-corrected chi connectivity index (χ2v) is 2.20. The van der Waals surface area contributed by atoms with E-state index in [0.29, 0.717) is 0 Å². The van der Waals surface area contributed by atoms with Gasteiger partial charge in [0.2, 0.25) is 0 Å². The van der Waals surface area contributed by atoms with E-state index in [9.17, 15) is 0 Å². The van der Waals surface area contributed by atoms with Gasteiger partial charge in [-0.3, -0.25) is 0 Å². The van der Waals surface area contributed by atoms with Crippen molar-refractivity contribution in [3.05, 3.63) is 0 Å². The van der Waals surface area contributed by atoms with Crippen LogP contribution in [0.15, 0.2) is 0 Å². The van der Waals surface area contributed by atoms with Gasteiger partial charge < -0.3 is 5.11 Å². The van der Waals surface area contributed by atoms with Crippen LogP contribution < -0.4 is 0 Å². The van der Waals surface area contributed by atoms with Crippen molar-refractivity contribution in [2.45, 2.75) is 46.5 Å². The Bertz CT molecular complexity index is 97.2. The first kappa shape index (κ1) is 13.1. The highest BCUT2D eigenvalue weighted by Crippen LogP contribution is 1.95. The first-order valence-electron chi connectivity index (χ1n) is 4.33. The lowest BCUT2D eigenvalue weighted by atomic mass is 10.2. The third-order valence-corrected chi connectivity index (χ3v) is 1.08. The summed E-state index contributed by atoms with van der Waals surface area (Å²) in [5, 5.41) is 7.57. The van der Waals surface area contributed by atoms with E-state index in [4.69, 9.17) is 5.11 Å². The minimum Gasteiger partial charge on any atom is -0.397 e. The molecule has 0 saturated heterocycles. The molecule has 11 heavy (non-hydrogen) atoms. The van der Waals surface area contributed by atoms with Crippen molar-refractivity contribution < 1.29 is 5.11 Å². The maximum atomic E-state index is 7.57. The summed E-state index contributed by atoms with van der Waals surface area (Å²) in [7, 11) is 0. The molecule has 0 atom stereocenters. The summed E-state index contributed by atoms with van der Waals surface area (Å²) in [6, 6.07) is 0. The molecule has 0 aliphatic rings. The van der Waals surface area contributed by atoms with Crippen LogP contribution in [0.3, 0.4) is 0 Å². The van der Waals surface area contributed by atoms with Crippen LogP contribution in [0, 0.1) is 11.8 Å². The number of hydrogen-bond acceptors (Lipinski definition) is 1. The Hall–Kier alpha value is -0.480. The van der Waals surface area contributed by atoms with Crippen LogP contribution in [0.5, 0.6) is 0 Å². The van der Waals surface area contributed by atoms with Crippen LogP contribution in [0.4, 0.5) is 0 Å². The molecule has 0 radical (unpaired) electrons. The van der Waals surface area contributed by atoms with Gasteiger partial charge >= 0.3 is 0 Å². The van der Waals surface area contributed by atoms with Crippen molar-refractivity contribution in [2.75, 3.05) is 6.61 Å². The molecule has 0 bridgehead atoms. The maximum Gasteiger partial charge on any atom is 0.0402 e. The molecular weight excluding hydrogens is 136 g/mol. The Kier molecular flexibility index (Phi) is 19.4. The van der Waals surface area contributed by atoms with E-state index in [1.165, 1.54) is 19.3 Å². The van der Waals surface area contributed by atoms with Crippen LogP contribution in [-0.4, -0.2) is 11.7 Å². The number of aliphatic hydroxyl groups excluding tert-OH is 1. The lowest BCUT2D eigenvalue weighted by molar-refractivity contribution is 0.318. The van der Waals surface area contributed by atoms with E-state index in [-0.39, 0.29) is 6.61 Å². The molecule has 0 aliphatic heterocycles. The van der Waals surface area contributed by atoms with Gasteiger partial charge in [-0.2, -0.15) is 0 Å². The first-order valence-corrected chi connectivity index (χ1v) is 4.33. The van der Waals surface area contributed by atoms with Crippen molar-refractivity contribution in [2.24, 2.45) is 0 Å². The Balaban J connectivity index is 0. The fourth-order valence-electron chi connectivity index (χ4n) is 0.588. The van der Waals surface area contributed by atoms with Gasteiger partial charge in [-0.25, -0.2) is 0 Å². The fraction of sp³-hybridized carbons (Fsp3) is 0.800. The van der Waals surface area contributed by atoms with Gasteiger partial charge in [0.05, 0.1) is 0 Å². The molecule has 0 aliphatic carbocycles. The van der Waals surface area contributed by atoms with Crippen molar-refractivity contribution in [3.8, 4) is 11.8 Å². The minimum atomic E-state index is 0.250. The number of aliphatic hydroxyl groups is 1. The smallest absolute Gasteiger partial charge is 0.0402 e. The van der Waals surface area contributed by atoms with E-state index >= 15 is 0 Å². The molecule has 0 spiro atoms. The molecule has 0 unspecified atom stereocenters. The Morgan fingerprint density at radius 3 is 2.09 bits per heavy atom. The van der Waals surface area contributed by atoms with E-state index in [1.807, 2.05) is 6.92 Å². The van der Waals surface area contributed by atoms with Crippen LogP contribution in [0.2, 0.25) is 0 Å². The molecular formula is C10H20O. The summed E-state index contributed by atoms with van der Waals surface area (Å²) in [5.74, 6) is 5.91. The standard InChI is InChI=1S/C8H14.C2H6O/c1-3-5-7-8-6-4-2;1-2-3/h3,5,7-8H2,1-2H3;3H,2H2,1H3. The molecule has 0 saturated carbocycles. The molecule has 1 heteroatoms. The number of hydrogen-bond donors (Lipinski definition) is 1. The van der Waals surface area contributed by atoms with E-state index in [2.05, 4.69) is 18.8 Å². The Labute approximate surface area is 70.8 Å². The van der Waals surface area contributed by atoms with E-state index in [1.54, 1.807) is 6.92 Å². The third-order valence-electron chi connectivity index (χ3n) is 1.08. The van der Waals surface area contributed by atoms with Crippen molar-refractivity contribution in [3.63, 3.8) is 0 Å². The normalized spacial score (nSPS) is 7.27. The predicted octanol–water partition coefficient (Wildman–Crippen LogP) is 2.59. The summed E-state index contributed by atoms with van der Waals surface area (Å²) in [6.07, 6.45) is 4.99. The van der Waals surface area contributed by atoms with Crippen molar-refractivity contribution in [1.82, 2.24) is 0 Å². The van der Waals surface area contributed by atoms with Crippen LogP contribution in [0.1, 0.15) is 46.5 Å². The molecule has 0 rings (SSSR count). The summed E-state index contributed by atoms with van der Waals surface area (Å²) in [5.41, 5.74) is 0. The largest absolute Gasteiger partial charge is 0.397 e. The number of unbranched alkanes of at least 4 members (excludes halogenated alkanes) is 3. The van der Waals surface area contributed by atoms with Gasteiger partial charge in [-0.1, -0.05) is 19.8 Å². The topological polar surface area (TPSA) is 20.2 Å². The van der Waals surface area contributed by atoms with Gasteiger partial charge in [0.15, 0.2) is 0 Å². The van der Waals surface area contributed by atoms with Crippen molar-refractivity contribution >= 4 is 0 Å². The molecule has 0 aromatic rings. The molecule has 0 aromatic carbocycles. The molecule has 1 nitrogen and oxygen atoms in total. The van der Waals surface area contributed by atoms with Gasteiger partial charge in [0.25, 0.3) is 0 Å². The Morgan fingerprint density at radius 2 is 1.73 bits per heavy atom. The average molecular weight is 156 g/mol. The predicted molar refractivity (Wildman–Crippen MR) is 50.4 cm³/mol. The highest BCUT2D eigenvalue weighted by molar-refractivity contribution is 4.94. The summed E-state index contributed by atoms with van der Waals surface area (Å²) >= 11 is 0. The molecule has 0 heterocycles. The van der Waals surface area contributed by atoms with E-state index < -0.39 is 0 Å².